The van der Waals surface area contributed by atoms with Crippen molar-refractivity contribution in [1.82, 2.24) is 15.2 Å². The Morgan fingerprint density at radius 3 is 2.61 bits per heavy atom. The number of benzene rings is 2. The molecule has 0 spiro atoms. The number of hydrogen-bond donors (Lipinski definition) is 2. The van der Waals surface area contributed by atoms with E-state index in [-0.39, 0.29) is 11.8 Å². The molecule has 2 saturated heterocycles. The molecule has 2 aliphatic rings. The lowest BCUT2D eigenvalue weighted by Gasteiger charge is -2.38. The minimum atomic E-state index is -0.334. The van der Waals surface area contributed by atoms with Crippen LogP contribution >= 0.6 is 11.3 Å². The third-order valence-electron chi connectivity index (χ3n) is 6.31. The number of para-hydroxylation sites is 1. The molecule has 5 rings (SSSR count). The number of carbonyl (C=O) groups is 1. The number of aromatic nitrogens is 1. The molecule has 0 saturated carbocycles. The van der Waals surface area contributed by atoms with Crippen LogP contribution in [0.25, 0.3) is 10.2 Å². The Bertz CT molecular complexity index is 1070. The zero-order valence-corrected chi connectivity index (χ0v) is 17.9. The fourth-order valence-electron chi connectivity index (χ4n) is 4.89. The lowest BCUT2D eigenvalue weighted by Crippen LogP contribution is -2.53. The molecule has 3 N–H and O–H groups in total. The number of nitrogens with one attached hydrogen (secondary N) is 1. The molecular weight excluding hydrogens is 415 g/mol. The summed E-state index contributed by atoms with van der Waals surface area (Å²) in [7, 11) is 0. The summed E-state index contributed by atoms with van der Waals surface area (Å²) in [5, 5.41) is 4.09. The van der Waals surface area contributed by atoms with Crippen LogP contribution in [-0.2, 0) is 6.42 Å². The number of urea groups is 1. The molecule has 2 atom stereocenters. The highest BCUT2D eigenvalue weighted by Crippen LogP contribution is 2.35. The molecule has 2 fully saturated rings. The smallest absolute Gasteiger partial charge is 0.315 e. The molecule has 3 heterocycles. The van der Waals surface area contributed by atoms with Gasteiger partial charge in [0.15, 0.2) is 0 Å². The molecule has 0 aliphatic carbocycles. The van der Waals surface area contributed by atoms with Gasteiger partial charge >= 0.3 is 6.03 Å². The van der Waals surface area contributed by atoms with E-state index in [1.54, 1.807) is 6.07 Å². The van der Waals surface area contributed by atoms with Crippen LogP contribution < -0.4 is 15.8 Å². The van der Waals surface area contributed by atoms with Gasteiger partial charge in [0.1, 0.15) is 17.1 Å². The van der Waals surface area contributed by atoms with Crippen LogP contribution in [0.15, 0.2) is 42.5 Å². The molecule has 6 nitrogen and oxygen atoms in total. The third-order valence-corrected chi connectivity index (χ3v) is 7.21. The van der Waals surface area contributed by atoms with Gasteiger partial charge in [-0.2, -0.15) is 4.98 Å². The Kier molecular flexibility index (Phi) is 5.50. The summed E-state index contributed by atoms with van der Waals surface area (Å²) in [5.41, 5.74) is 7.10. The van der Waals surface area contributed by atoms with Gasteiger partial charge in [-0.05, 0) is 68.5 Å². The van der Waals surface area contributed by atoms with E-state index in [0.29, 0.717) is 34.6 Å². The molecule has 1 aromatic heterocycles. The highest BCUT2D eigenvalue weighted by atomic mass is 32.1. The SMILES string of the molecule is NC(=O)N1C2CCC1CC(NCCc1ccc(Oc3nc4c(F)cccc4s3)cc1)C2. The van der Waals surface area contributed by atoms with E-state index in [9.17, 15) is 9.18 Å². The summed E-state index contributed by atoms with van der Waals surface area (Å²) in [6, 6.07) is 13.6. The number of carbonyl (C=O) groups excluding carboxylic acids is 1. The van der Waals surface area contributed by atoms with Crippen molar-refractivity contribution in [3.8, 4) is 10.9 Å². The van der Waals surface area contributed by atoms with Gasteiger partial charge in [-0.3, -0.25) is 0 Å². The van der Waals surface area contributed by atoms with E-state index >= 15 is 0 Å². The van der Waals surface area contributed by atoms with Crippen LogP contribution in [0.4, 0.5) is 9.18 Å². The van der Waals surface area contributed by atoms with Crippen LogP contribution in [0.5, 0.6) is 10.9 Å². The molecule has 2 amide bonds. The first-order chi connectivity index (χ1) is 15.1. The van der Waals surface area contributed by atoms with Crippen molar-refractivity contribution in [2.24, 2.45) is 5.73 Å². The number of ether oxygens (including phenoxy) is 1. The van der Waals surface area contributed by atoms with Crippen molar-refractivity contribution < 1.29 is 13.9 Å². The molecule has 3 aromatic rings. The molecule has 162 valence electrons. The average molecular weight is 441 g/mol. The number of primary amides is 1. The number of rotatable bonds is 6. The summed E-state index contributed by atoms with van der Waals surface area (Å²) in [4.78, 5) is 17.8. The molecule has 31 heavy (non-hydrogen) atoms. The Labute approximate surface area is 184 Å². The Morgan fingerprint density at radius 2 is 1.94 bits per heavy atom. The molecule has 2 unspecified atom stereocenters. The molecule has 2 aliphatic heterocycles. The number of nitrogens with zero attached hydrogens (tertiary/aromatic N) is 2. The van der Waals surface area contributed by atoms with Crippen molar-refractivity contribution in [2.75, 3.05) is 6.54 Å². The van der Waals surface area contributed by atoms with Gasteiger partial charge in [0.2, 0.25) is 0 Å². The van der Waals surface area contributed by atoms with E-state index in [1.165, 1.54) is 23.0 Å². The van der Waals surface area contributed by atoms with E-state index in [2.05, 4.69) is 10.3 Å². The first kappa shape index (κ1) is 20.2. The van der Waals surface area contributed by atoms with E-state index in [0.717, 1.165) is 43.3 Å². The van der Waals surface area contributed by atoms with Crippen molar-refractivity contribution in [1.29, 1.82) is 0 Å². The van der Waals surface area contributed by atoms with Crippen molar-refractivity contribution in [3.63, 3.8) is 0 Å². The van der Waals surface area contributed by atoms with Crippen LogP contribution in [0.1, 0.15) is 31.2 Å². The molecule has 8 heteroatoms. The number of piperidine rings is 1. The molecule has 0 radical (unpaired) electrons. The summed E-state index contributed by atoms with van der Waals surface area (Å²) in [6.07, 6.45) is 5.01. The average Bonchev–Trinajstić information content (AvgIpc) is 3.28. The van der Waals surface area contributed by atoms with E-state index in [4.69, 9.17) is 10.5 Å². The molecular formula is C23H25FN4O2S. The zero-order chi connectivity index (χ0) is 21.4. The first-order valence-corrected chi connectivity index (χ1v) is 11.5. The fraction of sp³-hybridized carbons (Fsp3) is 0.391. The van der Waals surface area contributed by atoms with Crippen LogP contribution in [0.3, 0.4) is 0 Å². The Balaban J connectivity index is 1.12. The number of halogens is 1. The second-order valence-electron chi connectivity index (χ2n) is 8.32. The summed E-state index contributed by atoms with van der Waals surface area (Å²) >= 11 is 1.33. The molecule has 2 bridgehead atoms. The number of fused-ring (bicyclic) bond motifs is 3. The van der Waals surface area contributed by atoms with Gasteiger partial charge in [-0.15, -0.1) is 0 Å². The van der Waals surface area contributed by atoms with Gasteiger partial charge in [0.25, 0.3) is 5.19 Å². The predicted octanol–water partition coefficient (Wildman–Crippen LogP) is 4.43. The van der Waals surface area contributed by atoms with Crippen molar-refractivity contribution >= 4 is 27.6 Å². The predicted molar refractivity (Wildman–Crippen MR) is 119 cm³/mol. The zero-order valence-electron chi connectivity index (χ0n) is 17.1. The maximum absolute atomic E-state index is 13.8. The number of nitrogens with two attached hydrogens (primary N) is 1. The Hall–Kier alpha value is -2.71. The summed E-state index contributed by atoms with van der Waals surface area (Å²) < 4.78 is 20.4. The van der Waals surface area contributed by atoms with Gasteiger partial charge in [0, 0.05) is 18.1 Å². The normalized spacial score (nSPS) is 22.7. The highest BCUT2D eigenvalue weighted by Gasteiger charge is 2.42. The maximum Gasteiger partial charge on any atom is 0.315 e. The monoisotopic (exact) mass is 440 g/mol. The largest absolute Gasteiger partial charge is 0.431 e. The fourth-order valence-corrected chi connectivity index (χ4v) is 5.74. The van der Waals surface area contributed by atoms with Gasteiger partial charge in [-0.1, -0.05) is 29.5 Å². The number of amides is 2. The minimum Gasteiger partial charge on any atom is -0.431 e. The summed E-state index contributed by atoms with van der Waals surface area (Å²) in [6.45, 7) is 0.887. The summed E-state index contributed by atoms with van der Waals surface area (Å²) in [5.74, 6) is 0.353. The highest BCUT2D eigenvalue weighted by molar-refractivity contribution is 7.20. The van der Waals surface area contributed by atoms with Crippen molar-refractivity contribution in [3.05, 3.63) is 53.8 Å². The quantitative estimate of drug-likeness (QED) is 0.594. The lowest BCUT2D eigenvalue weighted by molar-refractivity contribution is 0.138. The second kappa shape index (κ2) is 8.43. The van der Waals surface area contributed by atoms with Crippen LogP contribution in [-0.4, -0.2) is 40.6 Å². The number of thiazole rings is 1. The van der Waals surface area contributed by atoms with Crippen LogP contribution in [0.2, 0.25) is 0 Å². The second-order valence-corrected chi connectivity index (χ2v) is 9.31. The maximum atomic E-state index is 13.8. The topological polar surface area (TPSA) is 80.5 Å². The minimum absolute atomic E-state index is 0.274. The number of hydrogen-bond acceptors (Lipinski definition) is 5. The van der Waals surface area contributed by atoms with Crippen molar-refractivity contribution in [2.45, 2.75) is 50.2 Å². The third kappa shape index (κ3) is 4.22. The van der Waals surface area contributed by atoms with E-state index in [1.807, 2.05) is 35.2 Å². The van der Waals surface area contributed by atoms with Crippen LogP contribution in [0, 0.1) is 5.82 Å². The van der Waals surface area contributed by atoms with Gasteiger partial charge in [-0.25, -0.2) is 9.18 Å². The van der Waals surface area contributed by atoms with Gasteiger partial charge < -0.3 is 20.7 Å². The molecule has 2 aromatic carbocycles. The first-order valence-electron chi connectivity index (χ1n) is 10.7. The lowest BCUT2D eigenvalue weighted by atomic mass is 9.97. The standard InChI is InChI=1S/C23H25FN4O2S/c24-19-2-1-3-20-21(19)27-23(31-20)30-18-8-4-14(5-9-18)10-11-26-15-12-16-6-7-17(13-15)28(16)22(25)29/h1-5,8-9,15-17,26H,6-7,10-13H2,(H2,25,29). The van der Waals surface area contributed by atoms with E-state index < -0.39 is 0 Å². The van der Waals surface area contributed by atoms with Gasteiger partial charge in [0.05, 0.1) is 4.70 Å². The Morgan fingerprint density at radius 1 is 1.19 bits per heavy atom.